The summed E-state index contributed by atoms with van der Waals surface area (Å²) in [6.07, 6.45) is 3.41. The van der Waals surface area contributed by atoms with E-state index >= 15 is 0 Å². The second-order valence-corrected chi connectivity index (χ2v) is 4.87. The van der Waals surface area contributed by atoms with Crippen LogP contribution in [0.15, 0.2) is 48.8 Å². The van der Waals surface area contributed by atoms with Crippen molar-refractivity contribution in [2.75, 3.05) is 19.0 Å². The topological polar surface area (TPSA) is 80.3 Å². The van der Waals surface area contributed by atoms with Gasteiger partial charge in [-0.1, -0.05) is 18.2 Å². The lowest BCUT2D eigenvalue weighted by atomic mass is 10.1. The first-order valence-corrected chi connectivity index (χ1v) is 7.25. The molecule has 6 heteroatoms. The van der Waals surface area contributed by atoms with Gasteiger partial charge in [-0.05, 0) is 23.8 Å². The molecule has 0 spiro atoms. The van der Waals surface area contributed by atoms with Gasteiger partial charge in [0.25, 0.3) is 5.91 Å². The fourth-order valence-corrected chi connectivity index (χ4v) is 1.98. The monoisotopic (exact) mass is 313 g/mol. The molecule has 0 atom stereocenters. The molecule has 120 valence electrons. The highest BCUT2D eigenvalue weighted by molar-refractivity contribution is 5.94. The number of rotatable bonds is 7. The van der Waals surface area contributed by atoms with E-state index in [0.717, 1.165) is 5.56 Å². The molecule has 2 N–H and O–H groups in total. The SMILES string of the molecule is COCCC(=O)Nc1ccccc1CNC(=O)c1cccnc1. The van der Waals surface area contributed by atoms with Crippen molar-refractivity contribution in [3.63, 3.8) is 0 Å². The molecule has 0 fully saturated rings. The second-order valence-electron chi connectivity index (χ2n) is 4.87. The molecular weight excluding hydrogens is 294 g/mol. The zero-order chi connectivity index (χ0) is 16.5. The molecule has 0 unspecified atom stereocenters. The first-order valence-electron chi connectivity index (χ1n) is 7.25. The molecule has 1 aromatic heterocycles. The summed E-state index contributed by atoms with van der Waals surface area (Å²) >= 11 is 0. The van der Waals surface area contributed by atoms with E-state index in [1.54, 1.807) is 31.5 Å². The number of hydrogen-bond acceptors (Lipinski definition) is 4. The quantitative estimate of drug-likeness (QED) is 0.819. The molecular formula is C17H19N3O3. The van der Waals surface area contributed by atoms with Gasteiger partial charge in [-0.15, -0.1) is 0 Å². The van der Waals surface area contributed by atoms with E-state index in [1.165, 1.54) is 6.20 Å². The number of hydrogen-bond donors (Lipinski definition) is 2. The van der Waals surface area contributed by atoms with Crippen LogP contribution >= 0.6 is 0 Å². The number of ether oxygens (including phenoxy) is 1. The molecule has 0 aliphatic heterocycles. The van der Waals surface area contributed by atoms with Crippen molar-refractivity contribution in [3.05, 3.63) is 59.9 Å². The van der Waals surface area contributed by atoms with Crippen molar-refractivity contribution in [2.24, 2.45) is 0 Å². The van der Waals surface area contributed by atoms with Gasteiger partial charge in [0.05, 0.1) is 18.6 Å². The Morgan fingerprint density at radius 3 is 2.74 bits per heavy atom. The summed E-state index contributed by atoms with van der Waals surface area (Å²) in [5, 5.41) is 5.64. The number of amides is 2. The summed E-state index contributed by atoms with van der Waals surface area (Å²) in [7, 11) is 1.55. The van der Waals surface area contributed by atoms with Gasteiger partial charge in [0.1, 0.15) is 0 Å². The van der Waals surface area contributed by atoms with Gasteiger partial charge in [-0.2, -0.15) is 0 Å². The molecule has 2 amide bonds. The number of para-hydroxylation sites is 1. The highest BCUT2D eigenvalue weighted by Crippen LogP contribution is 2.15. The first-order chi connectivity index (χ1) is 11.2. The molecule has 1 heterocycles. The number of nitrogens with zero attached hydrogens (tertiary/aromatic N) is 1. The predicted molar refractivity (Wildman–Crippen MR) is 87.0 cm³/mol. The zero-order valence-corrected chi connectivity index (χ0v) is 12.9. The Kier molecular flexibility index (Phi) is 6.26. The Morgan fingerprint density at radius 1 is 1.17 bits per heavy atom. The average Bonchev–Trinajstić information content (AvgIpc) is 2.59. The first kappa shape index (κ1) is 16.6. The van der Waals surface area contributed by atoms with Crippen LogP contribution in [-0.4, -0.2) is 30.5 Å². The fraction of sp³-hybridized carbons (Fsp3) is 0.235. The lowest BCUT2D eigenvalue weighted by Gasteiger charge is -2.12. The van der Waals surface area contributed by atoms with E-state index in [-0.39, 0.29) is 18.2 Å². The van der Waals surface area contributed by atoms with Crippen molar-refractivity contribution < 1.29 is 14.3 Å². The zero-order valence-electron chi connectivity index (χ0n) is 12.9. The summed E-state index contributed by atoms with van der Waals surface area (Å²) in [6.45, 7) is 0.681. The van der Waals surface area contributed by atoms with Crippen molar-refractivity contribution in [1.29, 1.82) is 0 Å². The van der Waals surface area contributed by atoms with Crippen LogP contribution < -0.4 is 10.6 Å². The van der Waals surface area contributed by atoms with E-state index < -0.39 is 0 Å². The molecule has 0 radical (unpaired) electrons. The second kappa shape index (κ2) is 8.65. The highest BCUT2D eigenvalue weighted by Gasteiger charge is 2.09. The van der Waals surface area contributed by atoms with Crippen molar-refractivity contribution in [1.82, 2.24) is 10.3 Å². The third-order valence-electron chi connectivity index (χ3n) is 3.19. The molecule has 0 bridgehead atoms. The van der Waals surface area contributed by atoms with Crippen LogP contribution in [0, 0.1) is 0 Å². The number of carbonyl (C=O) groups is 2. The van der Waals surface area contributed by atoms with Gasteiger partial charge >= 0.3 is 0 Å². The number of methoxy groups -OCH3 is 1. The lowest BCUT2D eigenvalue weighted by Crippen LogP contribution is -2.24. The summed E-state index contributed by atoms with van der Waals surface area (Å²) in [6, 6.07) is 10.8. The van der Waals surface area contributed by atoms with E-state index in [4.69, 9.17) is 4.74 Å². The molecule has 6 nitrogen and oxygen atoms in total. The third kappa shape index (κ3) is 5.19. The van der Waals surface area contributed by atoms with Crippen LogP contribution in [-0.2, 0) is 16.1 Å². The molecule has 0 saturated heterocycles. The van der Waals surface area contributed by atoms with E-state index in [2.05, 4.69) is 15.6 Å². The minimum Gasteiger partial charge on any atom is -0.384 e. The van der Waals surface area contributed by atoms with Gasteiger partial charge in [-0.25, -0.2) is 0 Å². The van der Waals surface area contributed by atoms with Crippen LogP contribution in [0.2, 0.25) is 0 Å². The molecule has 0 saturated carbocycles. The van der Waals surface area contributed by atoms with Crippen molar-refractivity contribution in [3.8, 4) is 0 Å². The smallest absolute Gasteiger partial charge is 0.253 e. The van der Waals surface area contributed by atoms with Crippen LogP contribution in [0.25, 0.3) is 0 Å². The molecule has 0 aliphatic carbocycles. The number of anilines is 1. The largest absolute Gasteiger partial charge is 0.384 e. The molecule has 23 heavy (non-hydrogen) atoms. The van der Waals surface area contributed by atoms with Gasteiger partial charge < -0.3 is 15.4 Å². The standard InChI is InChI=1S/C17H19N3O3/c1-23-10-8-16(21)20-15-7-3-2-5-13(15)12-19-17(22)14-6-4-9-18-11-14/h2-7,9,11H,8,10,12H2,1H3,(H,19,22)(H,20,21). The maximum atomic E-state index is 12.0. The number of nitrogens with one attached hydrogen (secondary N) is 2. The number of carbonyl (C=O) groups excluding carboxylic acids is 2. The summed E-state index contributed by atoms with van der Waals surface area (Å²) in [5.41, 5.74) is 2.00. The van der Waals surface area contributed by atoms with E-state index in [1.807, 2.05) is 18.2 Å². The van der Waals surface area contributed by atoms with Gasteiger partial charge in [0, 0.05) is 31.7 Å². The van der Waals surface area contributed by atoms with Crippen LogP contribution in [0.3, 0.4) is 0 Å². The van der Waals surface area contributed by atoms with Gasteiger partial charge in [0.2, 0.25) is 5.91 Å². The van der Waals surface area contributed by atoms with Gasteiger partial charge in [-0.3, -0.25) is 14.6 Å². The Bertz CT molecular complexity index is 659. The van der Waals surface area contributed by atoms with E-state index in [0.29, 0.717) is 24.4 Å². The highest BCUT2D eigenvalue weighted by atomic mass is 16.5. The molecule has 1 aromatic carbocycles. The minimum atomic E-state index is -0.210. The third-order valence-corrected chi connectivity index (χ3v) is 3.19. The summed E-state index contributed by atoms with van der Waals surface area (Å²) in [4.78, 5) is 27.8. The number of benzene rings is 1. The predicted octanol–water partition coefficient (Wildman–Crippen LogP) is 1.99. The molecule has 0 aliphatic rings. The summed E-state index contributed by atoms with van der Waals surface area (Å²) < 4.78 is 4.88. The maximum absolute atomic E-state index is 12.0. The average molecular weight is 313 g/mol. The Hall–Kier alpha value is -2.73. The molecule has 2 aromatic rings. The minimum absolute atomic E-state index is 0.127. The summed E-state index contributed by atoms with van der Waals surface area (Å²) in [5.74, 6) is -0.337. The number of pyridine rings is 1. The van der Waals surface area contributed by atoms with Crippen LogP contribution in [0.5, 0.6) is 0 Å². The van der Waals surface area contributed by atoms with Crippen LogP contribution in [0.1, 0.15) is 22.3 Å². The number of aromatic nitrogens is 1. The fourth-order valence-electron chi connectivity index (χ4n) is 1.98. The maximum Gasteiger partial charge on any atom is 0.253 e. The van der Waals surface area contributed by atoms with Crippen molar-refractivity contribution in [2.45, 2.75) is 13.0 Å². The lowest BCUT2D eigenvalue weighted by molar-refractivity contribution is -0.117. The van der Waals surface area contributed by atoms with Crippen LogP contribution in [0.4, 0.5) is 5.69 Å². The van der Waals surface area contributed by atoms with Gasteiger partial charge in [0.15, 0.2) is 0 Å². The Balaban J connectivity index is 1.97. The molecule has 2 rings (SSSR count). The normalized spacial score (nSPS) is 10.1. The Labute approximate surface area is 134 Å². The van der Waals surface area contributed by atoms with E-state index in [9.17, 15) is 9.59 Å². The Morgan fingerprint density at radius 2 is 2.00 bits per heavy atom. The van der Waals surface area contributed by atoms with Crippen molar-refractivity contribution >= 4 is 17.5 Å².